The summed E-state index contributed by atoms with van der Waals surface area (Å²) in [6, 6.07) is 0. The SMILES string of the molecule is CO[C@H]1O[C@H](CO[C@@H]2S[C@H](CO)[C@@H](O)[C@H](O)[C@H]2O)[C@H](O)[C@H](O)[C@H]1O. The Morgan fingerprint density at radius 1 is 0.875 bits per heavy atom. The van der Waals surface area contributed by atoms with Crippen LogP contribution in [0.1, 0.15) is 0 Å². The number of aliphatic hydroxyl groups excluding tert-OH is 7. The van der Waals surface area contributed by atoms with Gasteiger partial charge in [-0.05, 0) is 0 Å². The molecular weight excluding hydrogens is 348 g/mol. The number of ether oxygens (including phenoxy) is 3. The minimum atomic E-state index is -1.50. The molecule has 0 bridgehead atoms. The van der Waals surface area contributed by atoms with Crippen molar-refractivity contribution in [3.05, 3.63) is 0 Å². The average molecular weight is 372 g/mol. The molecule has 2 saturated heterocycles. The van der Waals surface area contributed by atoms with E-state index < -0.39 is 66.3 Å². The van der Waals surface area contributed by atoms with Crippen molar-refractivity contribution in [3.63, 3.8) is 0 Å². The Morgan fingerprint density at radius 2 is 1.50 bits per heavy atom. The molecule has 0 saturated carbocycles. The number of hydrogen-bond acceptors (Lipinski definition) is 11. The van der Waals surface area contributed by atoms with Crippen LogP contribution in [0.2, 0.25) is 0 Å². The Labute approximate surface area is 142 Å². The molecule has 2 aliphatic heterocycles. The van der Waals surface area contributed by atoms with E-state index in [-0.39, 0.29) is 6.61 Å². The van der Waals surface area contributed by atoms with Gasteiger partial charge in [-0.1, -0.05) is 0 Å². The van der Waals surface area contributed by atoms with Crippen LogP contribution in [0, 0.1) is 0 Å². The lowest BCUT2D eigenvalue weighted by Crippen LogP contribution is -2.60. The van der Waals surface area contributed by atoms with Gasteiger partial charge in [-0.25, -0.2) is 0 Å². The van der Waals surface area contributed by atoms with Gasteiger partial charge in [0, 0.05) is 7.11 Å². The molecule has 0 aromatic rings. The highest BCUT2D eigenvalue weighted by molar-refractivity contribution is 8.00. The van der Waals surface area contributed by atoms with Gasteiger partial charge in [-0.15, -0.1) is 11.8 Å². The number of methoxy groups -OCH3 is 1. The molecule has 0 unspecified atom stereocenters. The van der Waals surface area contributed by atoms with Crippen LogP contribution in [0.3, 0.4) is 0 Å². The molecular formula is C13H24O10S. The van der Waals surface area contributed by atoms with Gasteiger partial charge in [0.2, 0.25) is 0 Å². The van der Waals surface area contributed by atoms with Crippen molar-refractivity contribution in [1.29, 1.82) is 0 Å². The largest absolute Gasteiger partial charge is 0.395 e. The van der Waals surface area contributed by atoms with E-state index in [1.807, 2.05) is 0 Å². The van der Waals surface area contributed by atoms with Crippen molar-refractivity contribution in [2.24, 2.45) is 0 Å². The van der Waals surface area contributed by atoms with Crippen LogP contribution in [-0.2, 0) is 14.2 Å². The van der Waals surface area contributed by atoms with Crippen LogP contribution in [0.25, 0.3) is 0 Å². The fourth-order valence-corrected chi connectivity index (χ4v) is 3.88. The Bertz CT molecular complexity index is 361. The molecule has 0 radical (unpaired) electrons. The van der Waals surface area contributed by atoms with E-state index in [0.717, 1.165) is 11.8 Å². The maximum absolute atomic E-state index is 9.95. The van der Waals surface area contributed by atoms with E-state index in [1.165, 1.54) is 7.11 Å². The standard InChI is InChI=1S/C13H24O10S/c1-21-12-10(19)8(17)6(15)4(23-12)3-22-13-11(20)9(18)7(16)5(2-14)24-13/h4-20H,2-3H2,1H3/t4-,5-,6+,7-,8+,9+,10-,11-,12+,13-/m1/s1. The Hall–Kier alpha value is -0.0500. The summed E-state index contributed by atoms with van der Waals surface area (Å²) >= 11 is 0.937. The molecule has 2 heterocycles. The summed E-state index contributed by atoms with van der Waals surface area (Å²) in [6.45, 7) is -0.699. The molecule has 10 nitrogen and oxygen atoms in total. The van der Waals surface area contributed by atoms with Gasteiger partial charge >= 0.3 is 0 Å². The second kappa shape index (κ2) is 8.56. The van der Waals surface area contributed by atoms with Gasteiger partial charge in [0.15, 0.2) is 6.29 Å². The van der Waals surface area contributed by atoms with Crippen molar-refractivity contribution in [2.45, 2.75) is 59.7 Å². The van der Waals surface area contributed by atoms with Gasteiger partial charge < -0.3 is 50.0 Å². The summed E-state index contributed by atoms with van der Waals surface area (Å²) in [5.41, 5.74) is -0.985. The molecule has 0 spiro atoms. The summed E-state index contributed by atoms with van der Waals surface area (Å²) in [7, 11) is 1.26. The van der Waals surface area contributed by atoms with Gasteiger partial charge in [-0.2, -0.15) is 0 Å². The van der Waals surface area contributed by atoms with Crippen LogP contribution in [0.15, 0.2) is 0 Å². The van der Waals surface area contributed by atoms with Crippen molar-refractivity contribution >= 4 is 11.8 Å². The smallest absolute Gasteiger partial charge is 0.186 e. The first kappa shape index (κ1) is 20.3. The second-order valence-electron chi connectivity index (χ2n) is 5.78. The lowest BCUT2D eigenvalue weighted by molar-refractivity contribution is -0.297. The van der Waals surface area contributed by atoms with Gasteiger partial charge in [-0.3, -0.25) is 0 Å². The van der Waals surface area contributed by atoms with Crippen molar-refractivity contribution < 1.29 is 50.0 Å². The minimum Gasteiger partial charge on any atom is -0.395 e. The first-order valence-electron chi connectivity index (χ1n) is 7.46. The van der Waals surface area contributed by atoms with E-state index in [9.17, 15) is 35.7 Å². The zero-order valence-corrected chi connectivity index (χ0v) is 13.8. The summed E-state index contributed by atoms with van der Waals surface area (Å²) in [5, 5.41) is 67.3. The maximum atomic E-state index is 9.95. The zero-order chi connectivity index (χ0) is 18.0. The first-order valence-corrected chi connectivity index (χ1v) is 8.40. The number of thioether (sulfide) groups is 1. The highest BCUT2D eigenvalue weighted by Crippen LogP contribution is 2.34. The first-order chi connectivity index (χ1) is 11.3. The molecule has 2 fully saturated rings. The lowest BCUT2D eigenvalue weighted by Gasteiger charge is -2.42. The lowest BCUT2D eigenvalue weighted by atomic mass is 9.99. The van der Waals surface area contributed by atoms with E-state index >= 15 is 0 Å². The van der Waals surface area contributed by atoms with Crippen LogP contribution in [-0.4, -0.2) is 116 Å². The normalized spacial score (nSPS) is 50.0. The summed E-state index contributed by atoms with van der Waals surface area (Å²) in [5.74, 6) is 0. The van der Waals surface area contributed by atoms with Crippen molar-refractivity contribution in [3.8, 4) is 0 Å². The third-order valence-corrected chi connectivity index (χ3v) is 5.63. The molecule has 2 aliphatic rings. The highest BCUT2D eigenvalue weighted by atomic mass is 32.2. The molecule has 24 heavy (non-hydrogen) atoms. The van der Waals surface area contributed by atoms with Gasteiger partial charge in [0.05, 0.1) is 24.6 Å². The summed E-state index contributed by atoms with van der Waals surface area (Å²) in [4.78, 5) is 0. The van der Waals surface area contributed by atoms with Gasteiger partial charge in [0.25, 0.3) is 0 Å². The Kier molecular flexibility index (Phi) is 7.22. The maximum Gasteiger partial charge on any atom is 0.186 e. The van der Waals surface area contributed by atoms with Crippen LogP contribution in [0.5, 0.6) is 0 Å². The number of hydrogen-bond donors (Lipinski definition) is 7. The summed E-state index contributed by atoms with van der Waals surface area (Å²) in [6.07, 6.45) is -10.8. The topological polar surface area (TPSA) is 169 Å². The predicted octanol–water partition coefficient (Wildman–Crippen LogP) is -4.03. The van der Waals surface area contributed by atoms with E-state index in [1.54, 1.807) is 0 Å². The monoisotopic (exact) mass is 372 g/mol. The molecule has 0 aromatic heterocycles. The predicted molar refractivity (Wildman–Crippen MR) is 79.9 cm³/mol. The fourth-order valence-electron chi connectivity index (χ4n) is 2.64. The zero-order valence-electron chi connectivity index (χ0n) is 13.0. The molecule has 0 amide bonds. The molecule has 2 rings (SSSR count). The second-order valence-corrected chi connectivity index (χ2v) is 7.12. The van der Waals surface area contributed by atoms with E-state index in [0.29, 0.717) is 0 Å². The number of rotatable bonds is 5. The highest BCUT2D eigenvalue weighted by Gasteiger charge is 2.46. The molecule has 10 atom stereocenters. The fraction of sp³-hybridized carbons (Fsp3) is 1.00. The summed E-state index contributed by atoms with van der Waals surface area (Å²) < 4.78 is 15.6. The number of aliphatic hydroxyl groups is 7. The minimum absolute atomic E-state index is 0.277. The third kappa shape index (κ3) is 4.02. The third-order valence-electron chi connectivity index (χ3n) is 4.17. The van der Waals surface area contributed by atoms with Crippen LogP contribution < -0.4 is 0 Å². The van der Waals surface area contributed by atoms with Crippen LogP contribution >= 0.6 is 11.8 Å². The molecule has 0 aromatic carbocycles. The quantitative estimate of drug-likeness (QED) is 0.251. The van der Waals surface area contributed by atoms with E-state index in [2.05, 4.69) is 0 Å². The molecule has 11 heteroatoms. The van der Waals surface area contributed by atoms with Crippen molar-refractivity contribution in [2.75, 3.05) is 20.3 Å². The molecule has 0 aliphatic carbocycles. The molecule has 7 N–H and O–H groups in total. The molecule has 142 valence electrons. The van der Waals surface area contributed by atoms with E-state index in [4.69, 9.17) is 14.2 Å². The van der Waals surface area contributed by atoms with Crippen LogP contribution in [0.4, 0.5) is 0 Å². The Morgan fingerprint density at radius 3 is 2.08 bits per heavy atom. The average Bonchev–Trinajstić information content (AvgIpc) is 2.58. The Balaban J connectivity index is 1.96. The van der Waals surface area contributed by atoms with Gasteiger partial charge in [0.1, 0.15) is 42.1 Å². The van der Waals surface area contributed by atoms with Crippen molar-refractivity contribution in [1.82, 2.24) is 0 Å².